The molecule has 11 heavy (non-hydrogen) atoms. The van der Waals surface area contributed by atoms with Gasteiger partial charge in [0, 0.05) is 5.56 Å². The summed E-state index contributed by atoms with van der Waals surface area (Å²) in [5.41, 5.74) is 0.667. The van der Waals surface area contributed by atoms with Crippen molar-refractivity contribution in [3.63, 3.8) is 0 Å². The summed E-state index contributed by atoms with van der Waals surface area (Å²) in [7, 11) is 1.59. The summed E-state index contributed by atoms with van der Waals surface area (Å²) in [5, 5.41) is 0. The fourth-order valence-corrected chi connectivity index (χ4v) is 0.682. The summed E-state index contributed by atoms with van der Waals surface area (Å²) in [6.07, 6.45) is 0.805. The Morgan fingerprint density at radius 2 is 1.82 bits per heavy atom. The van der Waals surface area contributed by atoms with Gasteiger partial charge in [-0.3, -0.25) is 4.79 Å². The van der Waals surface area contributed by atoms with Gasteiger partial charge in [0.1, 0.15) is 12.0 Å². The Bertz CT molecular complexity index is 218. The molecule has 0 aromatic heterocycles. The van der Waals surface area contributed by atoms with Gasteiger partial charge >= 0.3 is 51.4 Å². The molecule has 0 atom stereocenters. The van der Waals surface area contributed by atoms with Crippen LogP contribution in [0, 0.1) is 0 Å². The van der Waals surface area contributed by atoms with Crippen LogP contribution >= 0.6 is 0 Å². The number of hydrogen-bond donors (Lipinski definition) is 0. The Kier molecular flexibility index (Phi) is 6.09. The maximum absolute atomic E-state index is 10.2. The van der Waals surface area contributed by atoms with Crippen molar-refractivity contribution in [3.05, 3.63) is 29.8 Å². The first-order valence-corrected chi connectivity index (χ1v) is 2.96. The van der Waals surface area contributed by atoms with Crippen molar-refractivity contribution in [1.82, 2.24) is 0 Å². The molecule has 0 radical (unpaired) electrons. The van der Waals surface area contributed by atoms with Crippen LogP contribution in [0.1, 0.15) is 10.4 Å². The summed E-state index contributed by atoms with van der Waals surface area (Å²) in [4.78, 5) is 10.2. The third-order valence-electron chi connectivity index (χ3n) is 1.25. The first kappa shape index (κ1) is 11.3. The second kappa shape index (κ2) is 5.91. The fraction of sp³-hybridized carbons (Fsp3) is 0.125. The zero-order valence-electron chi connectivity index (χ0n) is 5.70. The van der Waals surface area contributed by atoms with E-state index in [0.29, 0.717) is 5.56 Å². The van der Waals surface area contributed by atoms with Crippen LogP contribution in [0.15, 0.2) is 24.3 Å². The van der Waals surface area contributed by atoms with Crippen LogP contribution < -0.4 is 4.74 Å². The van der Waals surface area contributed by atoms with E-state index in [1.54, 1.807) is 31.4 Å². The van der Waals surface area contributed by atoms with Crippen molar-refractivity contribution in [2.24, 2.45) is 0 Å². The molecule has 0 N–H and O–H groups in total. The molecular formula is C8H9KO2. The van der Waals surface area contributed by atoms with Crippen LogP contribution in [0.2, 0.25) is 0 Å². The first-order chi connectivity index (χ1) is 4.86. The van der Waals surface area contributed by atoms with Gasteiger partial charge in [-0.25, -0.2) is 0 Å². The van der Waals surface area contributed by atoms with Crippen LogP contribution in [0.3, 0.4) is 0 Å². The molecule has 1 aromatic rings. The van der Waals surface area contributed by atoms with Crippen LogP contribution in [0.4, 0.5) is 0 Å². The standard InChI is InChI=1S/C8H8O2.K.H/c1-10-8-4-2-7(6-9)3-5-8;;/h2-6H,1H3;;. The number of benzene rings is 1. The second-order valence-corrected chi connectivity index (χ2v) is 1.89. The van der Waals surface area contributed by atoms with Crippen molar-refractivity contribution in [1.29, 1.82) is 0 Å². The fourth-order valence-electron chi connectivity index (χ4n) is 0.682. The predicted molar refractivity (Wildman–Crippen MR) is 45.5 cm³/mol. The quantitative estimate of drug-likeness (QED) is 0.493. The molecule has 0 aliphatic carbocycles. The molecule has 0 spiro atoms. The number of hydrogen-bond acceptors (Lipinski definition) is 2. The zero-order valence-corrected chi connectivity index (χ0v) is 5.70. The van der Waals surface area contributed by atoms with Gasteiger partial charge in [0.05, 0.1) is 7.11 Å². The van der Waals surface area contributed by atoms with Crippen molar-refractivity contribution < 1.29 is 9.53 Å². The molecule has 0 saturated carbocycles. The van der Waals surface area contributed by atoms with Crippen molar-refractivity contribution >= 4 is 57.7 Å². The Morgan fingerprint density at radius 1 is 1.27 bits per heavy atom. The third-order valence-corrected chi connectivity index (χ3v) is 1.25. The average molecular weight is 176 g/mol. The van der Waals surface area contributed by atoms with E-state index in [2.05, 4.69) is 0 Å². The van der Waals surface area contributed by atoms with E-state index in [4.69, 9.17) is 4.74 Å². The molecular weight excluding hydrogens is 167 g/mol. The summed E-state index contributed by atoms with van der Waals surface area (Å²) < 4.78 is 4.90. The molecule has 0 saturated heterocycles. The number of carbonyl (C=O) groups excluding carboxylic acids is 1. The van der Waals surface area contributed by atoms with Crippen LogP contribution in [0.5, 0.6) is 5.75 Å². The van der Waals surface area contributed by atoms with Gasteiger partial charge in [0.15, 0.2) is 0 Å². The first-order valence-electron chi connectivity index (χ1n) is 2.96. The van der Waals surface area contributed by atoms with Gasteiger partial charge in [-0.15, -0.1) is 0 Å². The molecule has 0 aliphatic heterocycles. The van der Waals surface area contributed by atoms with Gasteiger partial charge in [-0.1, -0.05) is 0 Å². The summed E-state index contributed by atoms with van der Waals surface area (Å²) in [5.74, 6) is 0.769. The van der Waals surface area contributed by atoms with Gasteiger partial charge < -0.3 is 4.74 Å². The topological polar surface area (TPSA) is 26.3 Å². The number of aldehydes is 1. The van der Waals surface area contributed by atoms with Gasteiger partial charge in [-0.05, 0) is 24.3 Å². The average Bonchev–Trinajstić information content (AvgIpc) is 2.05. The summed E-state index contributed by atoms with van der Waals surface area (Å²) in [6.45, 7) is 0. The molecule has 0 bridgehead atoms. The van der Waals surface area contributed by atoms with Crippen LogP contribution in [-0.4, -0.2) is 64.8 Å². The number of rotatable bonds is 2. The Labute approximate surface area is 108 Å². The molecule has 3 heteroatoms. The molecule has 1 aromatic carbocycles. The second-order valence-electron chi connectivity index (χ2n) is 1.89. The van der Waals surface area contributed by atoms with E-state index in [9.17, 15) is 4.79 Å². The minimum atomic E-state index is 0. The van der Waals surface area contributed by atoms with Gasteiger partial charge in [0.2, 0.25) is 0 Å². The Morgan fingerprint density at radius 3 is 2.18 bits per heavy atom. The van der Waals surface area contributed by atoms with Gasteiger partial charge in [0.25, 0.3) is 0 Å². The minimum absolute atomic E-state index is 0. The molecule has 0 heterocycles. The van der Waals surface area contributed by atoms with E-state index in [1.165, 1.54) is 0 Å². The zero-order chi connectivity index (χ0) is 7.40. The summed E-state index contributed by atoms with van der Waals surface area (Å²) >= 11 is 0. The normalized spacial score (nSPS) is 8.09. The molecule has 0 unspecified atom stereocenters. The number of ether oxygens (including phenoxy) is 1. The van der Waals surface area contributed by atoms with E-state index >= 15 is 0 Å². The predicted octanol–water partition coefficient (Wildman–Crippen LogP) is 0.859. The maximum atomic E-state index is 10.2. The van der Waals surface area contributed by atoms with Crippen LogP contribution in [0.25, 0.3) is 0 Å². The molecule has 0 aliphatic rings. The third kappa shape index (κ3) is 3.49. The van der Waals surface area contributed by atoms with Crippen molar-refractivity contribution in [2.45, 2.75) is 0 Å². The Hall–Kier alpha value is 0.326. The molecule has 0 fully saturated rings. The molecule has 0 amide bonds. The van der Waals surface area contributed by atoms with E-state index in [0.717, 1.165) is 12.0 Å². The van der Waals surface area contributed by atoms with Crippen molar-refractivity contribution in [2.75, 3.05) is 7.11 Å². The number of methoxy groups -OCH3 is 1. The summed E-state index contributed by atoms with van der Waals surface area (Å²) in [6, 6.07) is 6.94. The monoisotopic (exact) mass is 176 g/mol. The molecule has 1 rings (SSSR count). The molecule has 54 valence electrons. The van der Waals surface area contributed by atoms with Crippen LogP contribution in [-0.2, 0) is 0 Å². The van der Waals surface area contributed by atoms with E-state index < -0.39 is 0 Å². The van der Waals surface area contributed by atoms with Gasteiger partial charge in [-0.2, -0.15) is 0 Å². The van der Waals surface area contributed by atoms with E-state index in [1.807, 2.05) is 0 Å². The number of carbonyl (C=O) groups is 1. The SMILES string of the molecule is COc1ccc(C=O)cc1.[KH]. The van der Waals surface area contributed by atoms with E-state index in [-0.39, 0.29) is 51.4 Å². The van der Waals surface area contributed by atoms with Crippen molar-refractivity contribution in [3.8, 4) is 5.75 Å². The molecule has 2 nitrogen and oxygen atoms in total. The Balaban J connectivity index is 0.000001000.